The van der Waals surface area contributed by atoms with Crippen molar-refractivity contribution in [3.8, 4) is 11.3 Å². The van der Waals surface area contributed by atoms with Crippen LogP contribution in [0.3, 0.4) is 0 Å². The Morgan fingerprint density at radius 3 is 2.94 bits per heavy atom. The lowest BCUT2D eigenvalue weighted by atomic mass is 10.2. The molecule has 0 aliphatic carbocycles. The predicted octanol–water partition coefficient (Wildman–Crippen LogP) is 5.46. The van der Waals surface area contributed by atoms with Gasteiger partial charge >= 0.3 is 0 Å². The van der Waals surface area contributed by atoms with Crippen LogP contribution in [0, 0.1) is 5.92 Å². The summed E-state index contributed by atoms with van der Waals surface area (Å²) in [5, 5.41) is 3.36. The monoisotopic (exact) mass is 341 g/mol. The summed E-state index contributed by atoms with van der Waals surface area (Å²) >= 11 is 7.22. The fourth-order valence-electron chi connectivity index (χ4n) is 1.54. The Morgan fingerprint density at radius 2 is 2.22 bits per heavy atom. The van der Waals surface area contributed by atoms with E-state index >= 15 is 0 Å². The van der Waals surface area contributed by atoms with Crippen molar-refractivity contribution in [2.75, 3.05) is 5.75 Å². The van der Waals surface area contributed by atoms with Crippen LogP contribution in [0.4, 0.5) is 0 Å². The van der Waals surface area contributed by atoms with Gasteiger partial charge in [-0.1, -0.05) is 41.9 Å². The minimum absolute atomic E-state index is 0.750. The standard InChI is InChI=1S/C14H16BrNS2/c1-10(2)7-17-9-14-16-13(8-18-14)11-4-3-5-12(15)6-11/h3-6,8,10H,7,9H2,1-2H3. The fraction of sp³-hybridized carbons (Fsp3) is 0.357. The van der Waals surface area contributed by atoms with Gasteiger partial charge in [0.15, 0.2) is 0 Å². The van der Waals surface area contributed by atoms with Gasteiger partial charge in [0.2, 0.25) is 0 Å². The Bertz CT molecular complexity index is 508. The number of aromatic nitrogens is 1. The van der Waals surface area contributed by atoms with Crippen LogP contribution in [0.15, 0.2) is 34.1 Å². The number of halogens is 1. The molecule has 0 amide bonds. The molecule has 96 valence electrons. The first kappa shape index (κ1) is 14.1. The average molecular weight is 342 g/mol. The molecule has 18 heavy (non-hydrogen) atoms. The molecule has 0 spiro atoms. The molecule has 0 N–H and O–H groups in total. The van der Waals surface area contributed by atoms with Crippen molar-refractivity contribution in [2.45, 2.75) is 19.6 Å². The van der Waals surface area contributed by atoms with Gasteiger partial charge in [0, 0.05) is 21.2 Å². The molecular formula is C14H16BrNS2. The number of benzene rings is 1. The summed E-state index contributed by atoms with van der Waals surface area (Å²) in [6.07, 6.45) is 0. The van der Waals surface area contributed by atoms with E-state index in [0.717, 1.165) is 21.8 Å². The van der Waals surface area contributed by atoms with Crippen molar-refractivity contribution in [1.29, 1.82) is 0 Å². The Kier molecular flexibility index (Phi) is 5.27. The maximum absolute atomic E-state index is 4.70. The number of thioether (sulfide) groups is 1. The quantitative estimate of drug-likeness (QED) is 0.715. The molecule has 2 aromatic rings. The Labute approximate surface area is 125 Å². The van der Waals surface area contributed by atoms with Gasteiger partial charge in [0.05, 0.1) is 5.69 Å². The first-order chi connectivity index (χ1) is 8.65. The molecule has 0 radical (unpaired) electrons. The molecule has 0 saturated carbocycles. The summed E-state index contributed by atoms with van der Waals surface area (Å²) in [5.74, 6) is 2.97. The summed E-state index contributed by atoms with van der Waals surface area (Å²) in [4.78, 5) is 4.70. The summed E-state index contributed by atoms with van der Waals surface area (Å²) < 4.78 is 1.10. The third-order valence-corrected chi connectivity index (χ3v) is 5.25. The van der Waals surface area contributed by atoms with E-state index in [0.29, 0.717) is 0 Å². The Balaban J connectivity index is 2.02. The van der Waals surface area contributed by atoms with Crippen LogP contribution in [-0.4, -0.2) is 10.7 Å². The van der Waals surface area contributed by atoms with Crippen LogP contribution in [-0.2, 0) is 5.75 Å². The maximum Gasteiger partial charge on any atom is 0.103 e. The molecule has 0 bridgehead atoms. The molecule has 0 unspecified atom stereocenters. The fourth-order valence-corrected chi connectivity index (χ4v) is 3.88. The molecule has 1 aromatic heterocycles. The van der Waals surface area contributed by atoms with E-state index in [-0.39, 0.29) is 0 Å². The van der Waals surface area contributed by atoms with E-state index in [1.807, 2.05) is 23.9 Å². The summed E-state index contributed by atoms with van der Waals surface area (Å²) in [5.41, 5.74) is 2.27. The molecule has 0 fully saturated rings. The second kappa shape index (κ2) is 6.73. The minimum atomic E-state index is 0.750. The molecule has 1 heterocycles. The lowest BCUT2D eigenvalue weighted by Crippen LogP contribution is -1.91. The SMILES string of the molecule is CC(C)CSCc1nc(-c2cccc(Br)c2)cs1. The highest BCUT2D eigenvalue weighted by atomic mass is 79.9. The minimum Gasteiger partial charge on any atom is -0.240 e. The normalized spacial score (nSPS) is 11.1. The van der Waals surface area contributed by atoms with Gasteiger partial charge in [-0.2, -0.15) is 11.8 Å². The molecule has 0 saturated heterocycles. The van der Waals surface area contributed by atoms with Crippen molar-refractivity contribution in [3.63, 3.8) is 0 Å². The highest BCUT2D eigenvalue weighted by Gasteiger charge is 2.05. The van der Waals surface area contributed by atoms with Crippen molar-refractivity contribution in [1.82, 2.24) is 4.98 Å². The zero-order valence-electron chi connectivity index (χ0n) is 10.5. The van der Waals surface area contributed by atoms with Crippen molar-refractivity contribution >= 4 is 39.0 Å². The first-order valence-electron chi connectivity index (χ1n) is 5.93. The predicted molar refractivity (Wildman–Crippen MR) is 86.3 cm³/mol. The second-order valence-corrected chi connectivity index (χ2v) is 7.43. The van der Waals surface area contributed by atoms with E-state index in [1.165, 1.54) is 16.3 Å². The summed E-state index contributed by atoms with van der Waals surface area (Å²) in [6, 6.07) is 8.30. The zero-order valence-corrected chi connectivity index (χ0v) is 13.7. The largest absolute Gasteiger partial charge is 0.240 e. The topological polar surface area (TPSA) is 12.9 Å². The highest BCUT2D eigenvalue weighted by molar-refractivity contribution is 9.10. The number of thiazole rings is 1. The van der Waals surface area contributed by atoms with Crippen LogP contribution in [0.5, 0.6) is 0 Å². The van der Waals surface area contributed by atoms with Crippen LogP contribution in [0.2, 0.25) is 0 Å². The molecule has 0 atom stereocenters. The third-order valence-electron chi connectivity index (χ3n) is 2.35. The van der Waals surface area contributed by atoms with Gasteiger partial charge in [-0.05, 0) is 23.8 Å². The first-order valence-corrected chi connectivity index (χ1v) is 8.76. The zero-order chi connectivity index (χ0) is 13.0. The van der Waals surface area contributed by atoms with Crippen LogP contribution in [0.1, 0.15) is 18.9 Å². The van der Waals surface area contributed by atoms with E-state index in [1.54, 1.807) is 11.3 Å². The smallest absolute Gasteiger partial charge is 0.103 e. The van der Waals surface area contributed by atoms with Crippen LogP contribution >= 0.6 is 39.0 Å². The van der Waals surface area contributed by atoms with Crippen molar-refractivity contribution < 1.29 is 0 Å². The molecule has 1 nitrogen and oxygen atoms in total. The Hall–Kier alpha value is -0.320. The van der Waals surface area contributed by atoms with E-state index in [2.05, 4.69) is 47.3 Å². The van der Waals surface area contributed by atoms with Crippen molar-refractivity contribution in [2.24, 2.45) is 5.92 Å². The summed E-state index contributed by atoms with van der Waals surface area (Å²) in [6.45, 7) is 4.50. The molecule has 4 heteroatoms. The van der Waals surface area contributed by atoms with E-state index in [4.69, 9.17) is 4.98 Å². The lowest BCUT2D eigenvalue weighted by Gasteiger charge is -2.01. The maximum atomic E-state index is 4.70. The second-order valence-electron chi connectivity index (χ2n) is 4.55. The Morgan fingerprint density at radius 1 is 1.39 bits per heavy atom. The summed E-state index contributed by atoms with van der Waals surface area (Å²) in [7, 11) is 0. The van der Waals surface area contributed by atoms with Gasteiger partial charge in [-0.3, -0.25) is 0 Å². The lowest BCUT2D eigenvalue weighted by molar-refractivity contribution is 0.750. The molecule has 1 aromatic carbocycles. The van der Waals surface area contributed by atoms with Gasteiger partial charge in [-0.15, -0.1) is 11.3 Å². The van der Waals surface area contributed by atoms with Gasteiger partial charge < -0.3 is 0 Å². The highest BCUT2D eigenvalue weighted by Crippen LogP contribution is 2.26. The molecular weight excluding hydrogens is 326 g/mol. The van der Waals surface area contributed by atoms with E-state index < -0.39 is 0 Å². The third kappa shape index (κ3) is 4.11. The number of hydrogen-bond acceptors (Lipinski definition) is 3. The number of rotatable bonds is 5. The average Bonchev–Trinajstić information content (AvgIpc) is 2.77. The molecule has 0 aliphatic rings. The van der Waals surface area contributed by atoms with E-state index in [9.17, 15) is 0 Å². The van der Waals surface area contributed by atoms with Gasteiger partial charge in [-0.25, -0.2) is 4.98 Å². The van der Waals surface area contributed by atoms with Gasteiger partial charge in [0.25, 0.3) is 0 Å². The van der Waals surface area contributed by atoms with Crippen LogP contribution < -0.4 is 0 Å². The van der Waals surface area contributed by atoms with Crippen LogP contribution in [0.25, 0.3) is 11.3 Å². The number of nitrogens with zero attached hydrogens (tertiary/aromatic N) is 1. The molecule has 0 aliphatic heterocycles. The number of hydrogen-bond donors (Lipinski definition) is 0. The van der Waals surface area contributed by atoms with Gasteiger partial charge in [0.1, 0.15) is 5.01 Å². The van der Waals surface area contributed by atoms with Crippen molar-refractivity contribution in [3.05, 3.63) is 39.1 Å². The molecule has 2 rings (SSSR count).